The number of hydrogen-bond donors (Lipinski definition) is 2. The molecule has 8 nitrogen and oxygen atoms in total. The molecular weight excluding hydrogens is 388 g/mol. The van der Waals surface area contributed by atoms with Gasteiger partial charge in [0.25, 0.3) is 5.91 Å². The van der Waals surface area contributed by atoms with Crippen LogP contribution in [0.4, 0.5) is 5.82 Å². The van der Waals surface area contributed by atoms with Crippen molar-refractivity contribution in [2.45, 2.75) is 32.0 Å². The van der Waals surface area contributed by atoms with Crippen molar-refractivity contribution in [3.05, 3.63) is 36.0 Å². The van der Waals surface area contributed by atoms with Crippen molar-refractivity contribution in [2.24, 2.45) is 0 Å². The number of nitrogens with zero attached hydrogens (tertiary/aromatic N) is 4. The van der Waals surface area contributed by atoms with Gasteiger partial charge in [0.05, 0.1) is 24.7 Å². The molecule has 0 aliphatic carbocycles. The third-order valence-corrected chi connectivity index (χ3v) is 4.79. The number of amides is 1. The van der Waals surface area contributed by atoms with Crippen molar-refractivity contribution < 1.29 is 9.53 Å². The first kappa shape index (κ1) is 20.9. The van der Waals surface area contributed by atoms with E-state index in [1.807, 2.05) is 13.2 Å². The molecule has 0 atom stereocenters. The number of nitrogens with one attached hydrogen (secondary N) is 2. The average molecular weight is 415 g/mol. The summed E-state index contributed by atoms with van der Waals surface area (Å²) < 4.78 is 7.20. The fourth-order valence-electron chi connectivity index (χ4n) is 2.82. The van der Waals surface area contributed by atoms with E-state index in [0.29, 0.717) is 30.4 Å². The molecule has 2 aromatic heterocycles. The van der Waals surface area contributed by atoms with E-state index < -0.39 is 0 Å². The predicted octanol–water partition coefficient (Wildman–Crippen LogP) is 3.20. The van der Waals surface area contributed by atoms with Gasteiger partial charge in [0.15, 0.2) is 10.8 Å². The molecule has 154 valence electrons. The molecule has 0 saturated carbocycles. The van der Waals surface area contributed by atoms with Crippen LogP contribution in [0.5, 0.6) is 5.75 Å². The molecule has 0 spiro atoms. The van der Waals surface area contributed by atoms with Gasteiger partial charge in [-0.25, -0.2) is 14.6 Å². The van der Waals surface area contributed by atoms with Crippen LogP contribution in [-0.2, 0) is 6.54 Å². The van der Waals surface area contributed by atoms with E-state index in [0.717, 1.165) is 35.6 Å². The molecule has 3 rings (SSSR count). The largest absolute Gasteiger partial charge is 0.494 e. The van der Waals surface area contributed by atoms with Crippen LogP contribution in [0.25, 0.3) is 11.0 Å². The normalized spacial score (nSPS) is 10.9. The number of thioether (sulfide) groups is 1. The van der Waals surface area contributed by atoms with Crippen molar-refractivity contribution in [1.29, 1.82) is 0 Å². The summed E-state index contributed by atoms with van der Waals surface area (Å²) in [4.78, 5) is 21.5. The number of carbonyl (C=O) groups excluding carboxylic acids is 1. The lowest BCUT2D eigenvalue weighted by atomic mass is 10.2. The smallest absolute Gasteiger partial charge is 0.251 e. The highest BCUT2D eigenvalue weighted by molar-refractivity contribution is 7.98. The molecule has 0 radical (unpaired) electrons. The molecule has 2 N–H and O–H groups in total. The van der Waals surface area contributed by atoms with Gasteiger partial charge in [0.1, 0.15) is 11.6 Å². The first-order chi connectivity index (χ1) is 14.2. The summed E-state index contributed by atoms with van der Waals surface area (Å²) in [5.41, 5.74) is 1.36. The van der Waals surface area contributed by atoms with Crippen LogP contribution in [0.3, 0.4) is 0 Å². The van der Waals surface area contributed by atoms with Gasteiger partial charge in [0.2, 0.25) is 0 Å². The average Bonchev–Trinajstić information content (AvgIpc) is 3.15. The zero-order valence-corrected chi connectivity index (χ0v) is 17.8. The molecule has 0 aliphatic rings. The number of fused-ring (bicyclic) bond motifs is 1. The van der Waals surface area contributed by atoms with E-state index in [4.69, 9.17) is 4.74 Å². The Morgan fingerprint density at radius 1 is 1.17 bits per heavy atom. The maximum atomic E-state index is 12.4. The lowest BCUT2D eigenvalue weighted by Gasteiger charge is -2.09. The van der Waals surface area contributed by atoms with E-state index in [2.05, 4.69) is 32.6 Å². The summed E-state index contributed by atoms with van der Waals surface area (Å²) in [5, 5.41) is 12.3. The highest BCUT2D eigenvalue weighted by atomic mass is 32.2. The van der Waals surface area contributed by atoms with Crippen LogP contribution in [0.2, 0.25) is 0 Å². The highest BCUT2D eigenvalue weighted by Gasteiger charge is 2.13. The minimum atomic E-state index is -0.130. The third-order valence-electron chi connectivity index (χ3n) is 4.24. The van der Waals surface area contributed by atoms with Gasteiger partial charge in [-0.05, 0) is 43.9 Å². The quantitative estimate of drug-likeness (QED) is 0.389. The van der Waals surface area contributed by atoms with Crippen LogP contribution >= 0.6 is 11.8 Å². The lowest BCUT2D eigenvalue weighted by molar-refractivity contribution is 0.0952. The number of anilines is 1. The van der Waals surface area contributed by atoms with Crippen molar-refractivity contribution in [2.75, 3.05) is 31.3 Å². The van der Waals surface area contributed by atoms with Crippen molar-refractivity contribution >= 4 is 34.5 Å². The summed E-state index contributed by atoms with van der Waals surface area (Å²) in [7, 11) is 0. The monoisotopic (exact) mass is 414 g/mol. The Balaban J connectivity index is 1.66. The zero-order chi connectivity index (χ0) is 20.6. The standard InChI is InChI=1S/C20H26N6O2S/c1-4-10-21-17-16-13-23-26(18(16)25-20(24-17)29-3)12-11-22-19(27)14-6-8-15(9-7-14)28-5-2/h6-9,13H,4-5,10-12H2,1-3H3,(H,22,27)(H,21,24,25). The number of aromatic nitrogens is 4. The van der Waals surface area contributed by atoms with Crippen LogP contribution in [0, 0.1) is 0 Å². The molecule has 0 bridgehead atoms. The van der Waals surface area contributed by atoms with E-state index in [1.165, 1.54) is 11.8 Å². The number of carbonyl (C=O) groups is 1. The summed E-state index contributed by atoms with van der Waals surface area (Å²) in [6.07, 6.45) is 4.72. The van der Waals surface area contributed by atoms with Gasteiger partial charge in [-0.1, -0.05) is 18.7 Å². The Morgan fingerprint density at radius 3 is 2.66 bits per heavy atom. The lowest BCUT2D eigenvalue weighted by Crippen LogP contribution is -2.27. The second kappa shape index (κ2) is 10.1. The summed E-state index contributed by atoms with van der Waals surface area (Å²) in [6, 6.07) is 7.11. The first-order valence-electron chi connectivity index (χ1n) is 9.68. The summed E-state index contributed by atoms with van der Waals surface area (Å²) >= 11 is 1.49. The molecule has 0 saturated heterocycles. The molecule has 2 heterocycles. The summed E-state index contributed by atoms with van der Waals surface area (Å²) in [5.74, 6) is 1.42. The zero-order valence-electron chi connectivity index (χ0n) is 16.9. The van der Waals surface area contributed by atoms with Crippen molar-refractivity contribution in [3.8, 4) is 5.75 Å². The van der Waals surface area contributed by atoms with E-state index in [1.54, 1.807) is 35.1 Å². The van der Waals surface area contributed by atoms with Crippen molar-refractivity contribution in [3.63, 3.8) is 0 Å². The van der Waals surface area contributed by atoms with Crippen LogP contribution in [-0.4, -0.2) is 51.6 Å². The Bertz CT molecular complexity index is 958. The van der Waals surface area contributed by atoms with E-state index in [9.17, 15) is 4.79 Å². The van der Waals surface area contributed by atoms with Crippen LogP contribution in [0.15, 0.2) is 35.6 Å². The van der Waals surface area contributed by atoms with Gasteiger partial charge in [-0.3, -0.25) is 4.79 Å². The van der Waals surface area contributed by atoms with Crippen LogP contribution in [0.1, 0.15) is 30.6 Å². The number of hydrogen-bond acceptors (Lipinski definition) is 7. The maximum absolute atomic E-state index is 12.4. The number of benzene rings is 1. The predicted molar refractivity (Wildman–Crippen MR) is 116 cm³/mol. The molecule has 0 fully saturated rings. The third kappa shape index (κ3) is 5.17. The minimum absolute atomic E-state index is 0.130. The van der Waals surface area contributed by atoms with Gasteiger partial charge in [-0.15, -0.1) is 0 Å². The second-order valence-corrected chi connectivity index (χ2v) is 7.08. The molecule has 9 heteroatoms. The Morgan fingerprint density at radius 2 is 1.97 bits per heavy atom. The van der Waals surface area contributed by atoms with Crippen LogP contribution < -0.4 is 15.4 Å². The van der Waals surface area contributed by atoms with E-state index >= 15 is 0 Å². The Kier molecular flexibility index (Phi) is 7.29. The molecule has 3 aromatic rings. The molecule has 0 unspecified atom stereocenters. The molecular formula is C20H26N6O2S. The van der Waals surface area contributed by atoms with Crippen molar-refractivity contribution in [1.82, 2.24) is 25.1 Å². The summed E-state index contributed by atoms with van der Waals surface area (Å²) in [6.45, 7) is 6.43. The Labute approximate surface area is 174 Å². The molecule has 1 amide bonds. The number of ether oxygens (including phenoxy) is 1. The van der Waals surface area contributed by atoms with E-state index in [-0.39, 0.29) is 5.91 Å². The fourth-order valence-corrected chi connectivity index (χ4v) is 3.18. The topological polar surface area (TPSA) is 94.0 Å². The van der Waals surface area contributed by atoms with Gasteiger partial charge in [-0.2, -0.15) is 5.10 Å². The SMILES string of the molecule is CCCNc1nc(SC)nc2c1cnn2CCNC(=O)c1ccc(OCC)cc1. The Hall–Kier alpha value is -2.81. The van der Waals surface area contributed by atoms with Gasteiger partial charge in [0, 0.05) is 18.7 Å². The minimum Gasteiger partial charge on any atom is -0.494 e. The van der Waals surface area contributed by atoms with Gasteiger partial charge >= 0.3 is 0 Å². The first-order valence-corrected chi connectivity index (χ1v) is 10.9. The molecule has 29 heavy (non-hydrogen) atoms. The fraction of sp³-hybridized carbons (Fsp3) is 0.400. The number of rotatable bonds is 10. The van der Waals surface area contributed by atoms with Gasteiger partial charge < -0.3 is 15.4 Å². The molecule has 1 aromatic carbocycles. The second-order valence-electron chi connectivity index (χ2n) is 6.30. The maximum Gasteiger partial charge on any atom is 0.251 e. The molecule has 0 aliphatic heterocycles. The highest BCUT2D eigenvalue weighted by Crippen LogP contribution is 2.23.